The summed E-state index contributed by atoms with van der Waals surface area (Å²) in [7, 11) is 3.99. The number of hydrogen-bond acceptors (Lipinski definition) is 7. The van der Waals surface area contributed by atoms with Crippen LogP contribution >= 0.6 is 11.8 Å². The molecule has 31 heavy (non-hydrogen) atoms. The van der Waals surface area contributed by atoms with E-state index >= 15 is 0 Å². The summed E-state index contributed by atoms with van der Waals surface area (Å²) in [6, 6.07) is 9.87. The van der Waals surface area contributed by atoms with Crippen LogP contribution in [0.5, 0.6) is 0 Å². The van der Waals surface area contributed by atoms with Crippen molar-refractivity contribution in [3.63, 3.8) is 0 Å². The van der Waals surface area contributed by atoms with Crippen molar-refractivity contribution >= 4 is 23.5 Å². The quantitative estimate of drug-likeness (QED) is 0.473. The second kappa shape index (κ2) is 11.5. The Morgan fingerprint density at radius 3 is 2.65 bits per heavy atom. The number of amides is 1. The van der Waals surface area contributed by atoms with E-state index < -0.39 is 0 Å². The zero-order chi connectivity index (χ0) is 22.2. The highest BCUT2D eigenvalue weighted by molar-refractivity contribution is 7.98. The van der Waals surface area contributed by atoms with Gasteiger partial charge >= 0.3 is 0 Å². The molecule has 3 rings (SSSR count). The van der Waals surface area contributed by atoms with Crippen LogP contribution in [0, 0.1) is 6.92 Å². The molecule has 2 aromatic rings. The minimum absolute atomic E-state index is 0.0333. The van der Waals surface area contributed by atoms with Crippen LogP contribution in [0.1, 0.15) is 28.5 Å². The van der Waals surface area contributed by atoms with Crippen molar-refractivity contribution < 1.29 is 4.79 Å². The van der Waals surface area contributed by atoms with Gasteiger partial charge in [-0.2, -0.15) is 0 Å². The Morgan fingerprint density at radius 1 is 1.16 bits per heavy atom. The van der Waals surface area contributed by atoms with Crippen molar-refractivity contribution in [1.29, 1.82) is 0 Å². The fraction of sp³-hybridized carbons (Fsp3) is 0.522. The molecule has 1 amide bonds. The lowest BCUT2D eigenvalue weighted by molar-refractivity contribution is 0.0951. The Balaban J connectivity index is 1.60. The van der Waals surface area contributed by atoms with Crippen LogP contribution in [-0.4, -0.2) is 85.6 Å². The number of aromatic nitrogens is 2. The third-order valence-electron chi connectivity index (χ3n) is 5.37. The number of thioether (sulfide) groups is 1. The van der Waals surface area contributed by atoms with Gasteiger partial charge in [-0.15, -0.1) is 0 Å². The molecule has 1 N–H and O–H groups in total. The van der Waals surface area contributed by atoms with Crippen LogP contribution in [-0.2, 0) is 5.75 Å². The molecule has 2 heterocycles. The van der Waals surface area contributed by atoms with Gasteiger partial charge in [-0.3, -0.25) is 4.79 Å². The first-order chi connectivity index (χ1) is 14.9. The average molecular weight is 443 g/mol. The SMILES string of the molecule is CCN1CCN(c2cc(C)nc(SCc3cccc(C(=O)NCCN(C)C)c3)n2)CC1. The van der Waals surface area contributed by atoms with Crippen LogP contribution in [0.3, 0.4) is 0 Å². The summed E-state index contributed by atoms with van der Waals surface area (Å²) in [6.45, 7) is 10.9. The van der Waals surface area contributed by atoms with E-state index in [1.165, 1.54) is 0 Å². The van der Waals surface area contributed by atoms with E-state index in [-0.39, 0.29) is 5.91 Å². The second-order valence-corrected chi connectivity index (χ2v) is 9.06. The number of rotatable bonds is 9. The fourth-order valence-corrected chi connectivity index (χ4v) is 4.33. The maximum Gasteiger partial charge on any atom is 0.251 e. The monoisotopic (exact) mass is 442 g/mol. The molecule has 1 aromatic heterocycles. The number of piperazine rings is 1. The molecule has 0 aliphatic carbocycles. The summed E-state index contributed by atoms with van der Waals surface area (Å²) < 4.78 is 0. The van der Waals surface area contributed by atoms with E-state index in [2.05, 4.69) is 33.1 Å². The summed E-state index contributed by atoms with van der Waals surface area (Å²) in [4.78, 5) is 28.7. The molecular weight excluding hydrogens is 408 g/mol. The summed E-state index contributed by atoms with van der Waals surface area (Å²) in [5, 5.41) is 3.75. The van der Waals surface area contributed by atoms with Gasteiger partial charge in [-0.25, -0.2) is 9.97 Å². The van der Waals surface area contributed by atoms with Crippen LogP contribution in [0.2, 0.25) is 0 Å². The normalized spacial score (nSPS) is 14.8. The lowest BCUT2D eigenvalue weighted by Gasteiger charge is -2.34. The van der Waals surface area contributed by atoms with Gasteiger partial charge in [-0.1, -0.05) is 30.8 Å². The fourth-order valence-electron chi connectivity index (χ4n) is 3.49. The zero-order valence-corrected chi connectivity index (χ0v) is 19.9. The van der Waals surface area contributed by atoms with Crippen molar-refractivity contribution in [3.8, 4) is 0 Å². The van der Waals surface area contributed by atoms with Gasteiger partial charge in [0, 0.05) is 62.3 Å². The standard InChI is InChI=1S/C23H34N6OS/c1-5-28-11-13-29(14-12-28)21-15-18(2)25-23(26-21)31-17-19-7-6-8-20(16-19)22(30)24-9-10-27(3)4/h6-8,15-16H,5,9-14,17H2,1-4H3,(H,24,30). The molecule has 7 nitrogen and oxygen atoms in total. The first kappa shape index (κ1) is 23.5. The van der Waals surface area contributed by atoms with Gasteiger partial charge in [0.2, 0.25) is 0 Å². The van der Waals surface area contributed by atoms with E-state index in [1.807, 2.05) is 50.2 Å². The number of benzene rings is 1. The Morgan fingerprint density at radius 2 is 1.94 bits per heavy atom. The lowest BCUT2D eigenvalue weighted by atomic mass is 10.1. The van der Waals surface area contributed by atoms with Crippen molar-refractivity contribution in [1.82, 2.24) is 25.1 Å². The minimum atomic E-state index is -0.0333. The van der Waals surface area contributed by atoms with Crippen molar-refractivity contribution in [2.75, 3.05) is 64.8 Å². The van der Waals surface area contributed by atoms with Crippen molar-refractivity contribution in [2.24, 2.45) is 0 Å². The number of anilines is 1. The number of carbonyl (C=O) groups is 1. The van der Waals surface area contributed by atoms with E-state index in [9.17, 15) is 4.79 Å². The summed E-state index contributed by atoms with van der Waals surface area (Å²) >= 11 is 1.62. The van der Waals surface area contributed by atoms with Crippen molar-refractivity contribution in [2.45, 2.75) is 24.8 Å². The molecule has 8 heteroatoms. The van der Waals surface area contributed by atoms with Gasteiger partial charge in [0.1, 0.15) is 5.82 Å². The summed E-state index contributed by atoms with van der Waals surface area (Å²) in [6.07, 6.45) is 0. The van der Waals surface area contributed by atoms with Crippen LogP contribution in [0.25, 0.3) is 0 Å². The number of hydrogen-bond donors (Lipinski definition) is 1. The number of aryl methyl sites for hydroxylation is 1. The third kappa shape index (κ3) is 7.19. The van der Waals surface area contributed by atoms with Crippen molar-refractivity contribution in [3.05, 3.63) is 47.2 Å². The van der Waals surface area contributed by atoms with Crippen LogP contribution < -0.4 is 10.2 Å². The Labute approximate surface area is 190 Å². The largest absolute Gasteiger partial charge is 0.354 e. The highest BCUT2D eigenvalue weighted by atomic mass is 32.2. The Kier molecular flexibility index (Phi) is 8.69. The molecule has 1 fully saturated rings. The topological polar surface area (TPSA) is 64.6 Å². The number of carbonyl (C=O) groups excluding carboxylic acids is 1. The van der Waals surface area contributed by atoms with Gasteiger partial charge in [0.05, 0.1) is 0 Å². The van der Waals surface area contributed by atoms with E-state index in [0.29, 0.717) is 12.1 Å². The second-order valence-electron chi connectivity index (χ2n) is 8.12. The zero-order valence-electron chi connectivity index (χ0n) is 19.1. The van der Waals surface area contributed by atoms with E-state index in [0.717, 1.165) is 67.3 Å². The number of nitrogens with one attached hydrogen (secondary N) is 1. The molecule has 0 saturated carbocycles. The highest BCUT2D eigenvalue weighted by Gasteiger charge is 2.18. The first-order valence-electron chi connectivity index (χ1n) is 10.9. The first-order valence-corrected chi connectivity index (χ1v) is 11.9. The molecule has 0 unspecified atom stereocenters. The highest BCUT2D eigenvalue weighted by Crippen LogP contribution is 2.24. The molecule has 1 aromatic carbocycles. The minimum Gasteiger partial charge on any atom is -0.354 e. The average Bonchev–Trinajstić information content (AvgIpc) is 2.77. The van der Waals surface area contributed by atoms with Crippen LogP contribution in [0.15, 0.2) is 35.5 Å². The number of likely N-dealkylation sites (N-methyl/N-ethyl adjacent to an activating group) is 2. The lowest BCUT2D eigenvalue weighted by Crippen LogP contribution is -2.46. The maximum absolute atomic E-state index is 12.4. The van der Waals surface area contributed by atoms with Gasteiger partial charge < -0.3 is 20.0 Å². The van der Waals surface area contributed by atoms with Gasteiger partial charge in [0.15, 0.2) is 5.16 Å². The molecule has 1 aliphatic rings. The molecule has 0 bridgehead atoms. The molecule has 1 saturated heterocycles. The van der Waals surface area contributed by atoms with Gasteiger partial charge in [-0.05, 0) is 45.3 Å². The Bertz CT molecular complexity index is 867. The maximum atomic E-state index is 12.4. The predicted molar refractivity (Wildman–Crippen MR) is 128 cm³/mol. The molecule has 0 atom stereocenters. The number of nitrogens with zero attached hydrogens (tertiary/aromatic N) is 5. The third-order valence-corrected chi connectivity index (χ3v) is 6.28. The van der Waals surface area contributed by atoms with E-state index in [4.69, 9.17) is 4.98 Å². The van der Waals surface area contributed by atoms with E-state index in [1.54, 1.807) is 11.8 Å². The van der Waals surface area contributed by atoms with Crippen LogP contribution in [0.4, 0.5) is 5.82 Å². The molecule has 0 radical (unpaired) electrons. The smallest absolute Gasteiger partial charge is 0.251 e. The molecule has 1 aliphatic heterocycles. The van der Waals surface area contributed by atoms with Gasteiger partial charge in [0.25, 0.3) is 5.91 Å². The molecule has 168 valence electrons. The predicted octanol–water partition coefficient (Wildman–Crippen LogP) is 2.51. The summed E-state index contributed by atoms with van der Waals surface area (Å²) in [5.41, 5.74) is 2.77. The molecule has 0 spiro atoms. The Hall–Kier alpha value is -2.16. The summed E-state index contributed by atoms with van der Waals surface area (Å²) in [5.74, 6) is 1.71. The molecular formula is C23H34N6OS.